The highest BCUT2D eigenvalue weighted by molar-refractivity contribution is 6.05. The molecule has 18 heavy (non-hydrogen) atoms. The van der Waals surface area contributed by atoms with Crippen molar-refractivity contribution in [2.75, 3.05) is 17.7 Å². The summed E-state index contributed by atoms with van der Waals surface area (Å²) in [5, 5.41) is 0. The number of hydrogen-bond acceptors (Lipinski definition) is 3. The zero-order chi connectivity index (χ0) is 13.1. The van der Waals surface area contributed by atoms with Crippen molar-refractivity contribution in [3.63, 3.8) is 0 Å². The first-order chi connectivity index (χ1) is 8.58. The monoisotopic (exact) mass is 241 g/mol. The van der Waals surface area contributed by atoms with Gasteiger partial charge in [0.1, 0.15) is 5.82 Å². The number of nitrogen functional groups attached to an aromatic ring is 1. The number of aryl methyl sites for hydroxylation is 1. The van der Waals surface area contributed by atoms with Crippen molar-refractivity contribution < 1.29 is 4.79 Å². The minimum Gasteiger partial charge on any atom is -0.384 e. The third-order valence-corrected chi connectivity index (χ3v) is 2.76. The molecule has 1 aromatic heterocycles. The number of nitrogens with zero attached hydrogens (tertiary/aromatic N) is 2. The highest BCUT2D eigenvalue weighted by Gasteiger charge is 2.13. The third-order valence-electron chi connectivity index (χ3n) is 2.76. The molecule has 0 saturated carbocycles. The van der Waals surface area contributed by atoms with Crippen molar-refractivity contribution >= 4 is 17.4 Å². The van der Waals surface area contributed by atoms with Gasteiger partial charge in [-0.05, 0) is 31.2 Å². The Balaban J connectivity index is 2.23. The molecule has 2 N–H and O–H groups in total. The van der Waals surface area contributed by atoms with Crippen LogP contribution in [0.25, 0.3) is 0 Å². The zero-order valence-corrected chi connectivity index (χ0v) is 10.4. The highest BCUT2D eigenvalue weighted by atomic mass is 16.2. The van der Waals surface area contributed by atoms with E-state index in [9.17, 15) is 4.79 Å². The van der Waals surface area contributed by atoms with Gasteiger partial charge in [-0.25, -0.2) is 4.98 Å². The molecule has 1 aromatic carbocycles. The Bertz CT molecular complexity index is 546. The number of pyridine rings is 1. The van der Waals surface area contributed by atoms with Crippen LogP contribution in [0.15, 0.2) is 42.6 Å². The molecule has 0 atom stereocenters. The van der Waals surface area contributed by atoms with Gasteiger partial charge in [0.25, 0.3) is 5.91 Å². The van der Waals surface area contributed by atoms with E-state index in [0.29, 0.717) is 11.4 Å². The molecule has 0 spiro atoms. The Kier molecular flexibility index (Phi) is 3.28. The highest BCUT2D eigenvalue weighted by Crippen LogP contribution is 2.16. The van der Waals surface area contributed by atoms with Crippen LogP contribution in [0.1, 0.15) is 15.9 Å². The second-order valence-corrected chi connectivity index (χ2v) is 4.17. The van der Waals surface area contributed by atoms with Gasteiger partial charge in [-0.15, -0.1) is 0 Å². The lowest BCUT2D eigenvalue weighted by atomic mass is 10.2. The molecule has 0 fully saturated rings. The van der Waals surface area contributed by atoms with Gasteiger partial charge in [0, 0.05) is 18.9 Å². The van der Waals surface area contributed by atoms with Gasteiger partial charge in [-0.3, -0.25) is 4.79 Å². The summed E-state index contributed by atoms with van der Waals surface area (Å²) in [4.78, 5) is 17.7. The number of benzene rings is 1. The summed E-state index contributed by atoms with van der Waals surface area (Å²) in [6.07, 6.45) is 1.49. The number of hydrogen-bond donors (Lipinski definition) is 1. The molecule has 0 radical (unpaired) electrons. The number of amides is 1. The van der Waals surface area contributed by atoms with Crippen molar-refractivity contribution in [3.05, 3.63) is 53.7 Å². The van der Waals surface area contributed by atoms with E-state index in [1.54, 1.807) is 24.1 Å². The van der Waals surface area contributed by atoms with E-state index in [4.69, 9.17) is 5.73 Å². The van der Waals surface area contributed by atoms with E-state index in [1.807, 2.05) is 31.2 Å². The molecule has 1 amide bonds. The van der Waals surface area contributed by atoms with Gasteiger partial charge in [0.2, 0.25) is 0 Å². The van der Waals surface area contributed by atoms with Crippen LogP contribution < -0.4 is 10.6 Å². The molecule has 92 valence electrons. The van der Waals surface area contributed by atoms with Crippen LogP contribution in [0.5, 0.6) is 0 Å². The Hall–Kier alpha value is -2.36. The molecule has 2 rings (SSSR count). The van der Waals surface area contributed by atoms with Gasteiger partial charge >= 0.3 is 0 Å². The lowest BCUT2D eigenvalue weighted by molar-refractivity contribution is 0.0992. The van der Waals surface area contributed by atoms with Crippen LogP contribution >= 0.6 is 0 Å². The topological polar surface area (TPSA) is 59.2 Å². The van der Waals surface area contributed by atoms with Crippen molar-refractivity contribution in [2.24, 2.45) is 0 Å². The fourth-order valence-electron chi connectivity index (χ4n) is 1.61. The standard InChI is InChI=1S/C14H15N3O/c1-10-3-6-12(7-4-10)17(2)14(18)11-5-8-13(15)16-9-11/h3-9H,1-2H3,(H2,15,16). The van der Waals surface area contributed by atoms with E-state index < -0.39 is 0 Å². The van der Waals surface area contributed by atoms with Crippen LogP contribution in [0.3, 0.4) is 0 Å². The fourth-order valence-corrected chi connectivity index (χ4v) is 1.61. The van der Waals surface area contributed by atoms with E-state index >= 15 is 0 Å². The SMILES string of the molecule is Cc1ccc(N(C)C(=O)c2ccc(N)nc2)cc1. The largest absolute Gasteiger partial charge is 0.384 e. The fraction of sp³-hybridized carbons (Fsp3) is 0.143. The second-order valence-electron chi connectivity index (χ2n) is 4.17. The summed E-state index contributed by atoms with van der Waals surface area (Å²) < 4.78 is 0. The first-order valence-corrected chi connectivity index (χ1v) is 5.64. The zero-order valence-electron chi connectivity index (χ0n) is 10.4. The minimum atomic E-state index is -0.105. The summed E-state index contributed by atoms with van der Waals surface area (Å²) >= 11 is 0. The van der Waals surface area contributed by atoms with Crippen molar-refractivity contribution in [1.82, 2.24) is 4.98 Å². The quantitative estimate of drug-likeness (QED) is 0.877. The number of aromatic nitrogens is 1. The number of nitrogens with two attached hydrogens (primary N) is 1. The molecular weight excluding hydrogens is 226 g/mol. The van der Waals surface area contributed by atoms with Crippen molar-refractivity contribution in [1.29, 1.82) is 0 Å². The number of carbonyl (C=O) groups is 1. The molecule has 0 bridgehead atoms. The summed E-state index contributed by atoms with van der Waals surface area (Å²) in [6.45, 7) is 2.01. The summed E-state index contributed by atoms with van der Waals surface area (Å²) in [7, 11) is 1.74. The molecule has 0 aliphatic heterocycles. The predicted molar refractivity (Wildman–Crippen MR) is 72.6 cm³/mol. The molecule has 0 unspecified atom stereocenters. The number of carbonyl (C=O) groups excluding carboxylic acids is 1. The number of rotatable bonds is 2. The molecule has 1 heterocycles. The Morgan fingerprint density at radius 1 is 1.17 bits per heavy atom. The lowest BCUT2D eigenvalue weighted by Crippen LogP contribution is -2.26. The maximum Gasteiger partial charge on any atom is 0.259 e. The average molecular weight is 241 g/mol. The normalized spacial score (nSPS) is 10.1. The van der Waals surface area contributed by atoms with Crippen LogP contribution in [0, 0.1) is 6.92 Å². The molecule has 2 aromatic rings. The molecule has 4 heteroatoms. The predicted octanol–water partition coefficient (Wildman–Crippen LogP) is 2.25. The molecule has 0 aliphatic rings. The Morgan fingerprint density at radius 3 is 2.39 bits per heavy atom. The van der Waals surface area contributed by atoms with Crippen molar-refractivity contribution in [2.45, 2.75) is 6.92 Å². The second kappa shape index (κ2) is 4.87. The molecule has 0 aliphatic carbocycles. The molecule has 4 nitrogen and oxygen atoms in total. The molecule has 0 saturated heterocycles. The van der Waals surface area contributed by atoms with E-state index in [1.165, 1.54) is 6.20 Å². The van der Waals surface area contributed by atoms with Crippen LogP contribution in [-0.4, -0.2) is 17.9 Å². The van der Waals surface area contributed by atoms with Crippen LogP contribution in [-0.2, 0) is 0 Å². The maximum atomic E-state index is 12.2. The Labute approximate surface area is 106 Å². The first kappa shape index (κ1) is 12.1. The van der Waals surface area contributed by atoms with Crippen molar-refractivity contribution in [3.8, 4) is 0 Å². The van der Waals surface area contributed by atoms with Gasteiger partial charge in [-0.1, -0.05) is 17.7 Å². The Morgan fingerprint density at radius 2 is 1.83 bits per heavy atom. The average Bonchev–Trinajstić information content (AvgIpc) is 2.39. The van der Waals surface area contributed by atoms with Gasteiger partial charge in [-0.2, -0.15) is 0 Å². The maximum absolute atomic E-state index is 12.2. The van der Waals surface area contributed by atoms with E-state index in [0.717, 1.165) is 11.3 Å². The van der Waals surface area contributed by atoms with Gasteiger partial charge in [0.05, 0.1) is 5.56 Å². The molecular formula is C14H15N3O. The summed E-state index contributed by atoms with van der Waals surface area (Å²) in [5.41, 5.74) is 8.03. The van der Waals surface area contributed by atoms with E-state index in [2.05, 4.69) is 4.98 Å². The van der Waals surface area contributed by atoms with E-state index in [-0.39, 0.29) is 5.91 Å². The number of anilines is 2. The van der Waals surface area contributed by atoms with Gasteiger partial charge < -0.3 is 10.6 Å². The van der Waals surface area contributed by atoms with Gasteiger partial charge in [0.15, 0.2) is 0 Å². The first-order valence-electron chi connectivity index (χ1n) is 5.64. The van der Waals surface area contributed by atoms with Crippen LogP contribution in [0.2, 0.25) is 0 Å². The summed E-state index contributed by atoms with van der Waals surface area (Å²) in [5.74, 6) is 0.302. The van der Waals surface area contributed by atoms with Crippen LogP contribution in [0.4, 0.5) is 11.5 Å². The smallest absolute Gasteiger partial charge is 0.259 e. The minimum absolute atomic E-state index is 0.105. The lowest BCUT2D eigenvalue weighted by Gasteiger charge is -2.17. The summed E-state index contributed by atoms with van der Waals surface area (Å²) in [6, 6.07) is 11.1. The third kappa shape index (κ3) is 2.48.